The normalized spacial score (nSPS) is 15.8. The SMILES string of the molecule is CC(C)OCCOc1ccc(-c2ccc3c(c2)C=C(C(=O)Nc2ccc(CN(C)C4CCOCC4)cc2)CCN3S(C)(=O)=O)cc1. The Hall–Kier alpha value is -3.70. The quantitative estimate of drug-likeness (QED) is 0.242. The monoisotopic (exact) mass is 647 g/mol. The molecule has 0 radical (unpaired) electrons. The first-order valence-corrected chi connectivity index (χ1v) is 17.8. The molecule has 0 bridgehead atoms. The van der Waals surface area contributed by atoms with Gasteiger partial charge in [-0.15, -0.1) is 0 Å². The third-order valence-electron chi connectivity index (χ3n) is 8.35. The third kappa shape index (κ3) is 8.97. The molecule has 0 aromatic heterocycles. The molecule has 9 nitrogen and oxygen atoms in total. The maximum atomic E-state index is 13.5. The lowest BCUT2D eigenvalue weighted by Crippen LogP contribution is -2.36. The Morgan fingerprint density at radius 3 is 2.37 bits per heavy atom. The Kier molecular flexibility index (Phi) is 11.2. The number of benzene rings is 3. The zero-order valence-electron chi connectivity index (χ0n) is 27.2. The molecule has 0 atom stereocenters. The minimum atomic E-state index is -3.56. The van der Waals surface area contributed by atoms with Crippen molar-refractivity contribution < 1.29 is 27.4 Å². The number of sulfonamides is 1. The largest absolute Gasteiger partial charge is 0.491 e. The van der Waals surface area contributed by atoms with Crippen molar-refractivity contribution in [1.82, 2.24) is 4.90 Å². The molecule has 0 spiro atoms. The average Bonchev–Trinajstić information content (AvgIpc) is 3.24. The van der Waals surface area contributed by atoms with Crippen molar-refractivity contribution in [3.8, 4) is 16.9 Å². The first kappa shape index (κ1) is 33.7. The van der Waals surface area contributed by atoms with Crippen molar-refractivity contribution in [2.75, 3.05) is 55.9 Å². The van der Waals surface area contributed by atoms with Gasteiger partial charge in [0.1, 0.15) is 12.4 Å². The summed E-state index contributed by atoms with van der Waals surface area (Å²) in [5, 5.41) is 3.02. The van der Waals surface area contributed by atoms with E-state index >= 15 is 0 Å². The van der Waals surface area contributed by atoms with E-state index in [4.69, 9.17) is 14.2 Å². The number of nitrogens with one attached hydrogen (secondary N) is 1. The Morgan fingerprint density at radius 2 is 1.70 bits per heavy atom. The summed E-state index contributed by atoms with van der Waals surface area (Å²) in [5.74, 6) is 0.495. The molecule has 0 saturated carbocycles. The fraction of sp³-hybridized carbons (Fsp3) is 0.417. The van der Waals surface area contributed by atoms with Crippen molar-refractivity contribution in [1.29, 1.82) is 0 Å². The lowest BCUT2D eigenvalue weighted by Gasteiger charge is -2.31. The van der Waals surface area contributed by atoms with Gasteiger partial charge in [0.25, 0.3) is 5.91 Å². The Morgan fingerprint density at radius 1 is 1.00 bits per heavy atom. The standard InChI is InChI=1S/C36H45N3O6S/c1-26(2)44-21-22-45-34-12-7-28(8-13-34)29-9-14-35-31(23-29)24-30(15-18-39(35)46(4,41)42)36(40)37-32-10-5-27(6-11-32)25-38(3)33-16-19-43-20-17-33/h5-14,23-24,26,33H,15-22,25H2,1-4H3,(H,37,40). The van der Waals surface area contributed by atoms with Gasteiger partial charge in [0.05, 0.1) is 24.7 Å². The topological polar surface area (TPSA) is 97.4 Å². The van der Waals surface area contributed by atoms with E-state index in [-0.39, 0.29) is 25.0 Å². The van der Waals surface area contributed by atoms with Crippen LogP contribution < -0.4 is 14.4 Å². The highest BCUT2D eigenvalue weighted by Crippen LogP contribution is 2.34. The lowest BCUT2D eigenvalue weighted by molar-refractivity contribution is -0.112. The van der Waals surface area contributed by atoms with Crippen molar-refractivity contribution in [2.24, 2.45) is 0 Å². The number of nitrogens with zero attached hydrogens (tertiary/aromatic N) is 2. The molecule has 1 fully saturated rings. The molecule has 3 aromatic rings. The Bertz CT molecular complexity index is 1610. The van der Waals surface area contributed by atoms with E-state index in [0.717, 1.165) is 49.5 Å². The minimum absolute atomic E-state index is 0.157. The van der Waals surface area contributed by atoms with Crippen LogP contribution in [0, 0.1) is 0 Å². The van der Waals surface area contributed by atoms with Gasteiger partial charge in [-0.05, 0) is 105 Å². The van der Waals surface area contributed by atoms with E-state index < -0.39 is 10.0 Å². The summed E-state index contributed by atoms with van der Waals surface area (Å²) < 4.78 is 43.8. The summed E-state index contributed by atoms with van der Waals surface area (Å²) >= 11 is 0. The van der Waals surface area contributed by atoms with Crippen LogP contribution in [0.3, 0.4) is 0 Å². The van der Waals surface area contributed by atoms with E-state index in [1.165, 1.54) is 16.1 Å². The van der Waals surface area contributed by atoms with Gasteiger partial charge in [-0.3, -0.25) is 14.0 Å². The molecule has 5 rings (SSSR count). The van der Waals surface area contributed by atoms with Crippen LogP contribution in [0.15, 0.2) is 72.3 Å². The zero-order chi connectivity index (χ0) is 32.7. The van der Waals surface area contributed by atoms with E-state index in [1.807, 2.05) is 86.7 Å². The van der Waals surface area contributed by atoms with Crippen LogP contribution in [0.25, 0.3) is 17.2 Å². The number of fused-ring (bicyclic) bond motifs is 1. The number of hydrogen-bond donors (Lipinski definition) is 1. The average molecular weight is 648 g/mol. The molecule has 46 heavy (non-hydrogen) atoms. The number of carbonyl (C=O) groups is 1. The molecule has 0 aliphatic carbocycles. The van der Waals surface area contributed by atoms with Crippen LogP contribution in [-0.4, -0.2) is 77.6 Å². The molecule has 1 N–H and O–H groups in total. The van der Waals surface area contributed by atoms with Gasteiger partial charge in [0.2, 0.25) is 10.0 Å². The number of rotatable bonds is 12. The lowest BCUT2D eigenvalue weighted by atomic mass is 10.0. The molecular weight excluding hydrogens is 602 g/mol. The van der Waals surface area contributed by atoms with Gasteiger partial charge in [0.15, 0.2) is 0 Å². The predicted octanol–water partition coefficient (Wildman–Crippen LogP) is 5.96. The van der Waals surface area contributed by atoms with E-state index in [2.05, 4.69) is 17.3 Å². The van der Waals surface area contributed by atoms with Crippen molar-refractivity contribution in [2.45, 2.75) is 51.8 Å². The molecule has 0 unspecified atom stereocenters. The van der Waals surface area contributed by atoms with Crippen LogP contribution in [0.1, 0.15) is 44.2 Å². The highest BCUT2D eigenvalue weighted by Gasteiger charge is 2.26. The Balaban J connectivity index is 1.30. The van der Waals surface area contributed by atoms with Crippen molar-refractivity contribution >= 4 is 33.4 Å². The highest BCUT2D eigenvalue weighted by atomic mass is 32.2. The van der Waals surface area contributed by atoms with E-state index in [0.29, 0.717) is 41.8 Å². The van der Waals surface area contributed by atoms with Crippen LogP contribution in [-0.2, 0) is 30.8 Å². The molecule has 3 aromatic carbocycles. The number of hydrogen-bond acceptors (Lipinski definition) is 7. The van der Waals surface area contributed by atoms with E-state index in [1.54, 1.807) is 0 Å². The maximum Gasteiger partial charge on any atom is 0.251 e. The zero-order valence-corrected chi connectivity index (χ0v) is 28.0. The number of ether oxygens (including phenoxy) is 3. The number of carbonyl (C=O) groups excluding carboxylic acids is 1. The fourth-order valence-corrected chi connectivity index (χ4v) is 6.78. The molecule has 2 aliphatic heterocycles. The molecule has 1 amide bonds. The van der Waals surface area contributed by atoms with Gasteiger partial charge in [-0.2, -0.15) is 0 Å². The molecule has 1 saturated heterocycles. The second-order valence-electron chi connectivity index (χ2n) is 12.2. The second-order valence-corrected chi connectivity index (χ2v) is 14.1. The smallest absolute Gasteiger partial charge is 0.251 e. The molecular formula is C36H45N3O6S. The molecule has 10 heteroatoms. The van der Waals surface area contributed by atoms with Crippen molar-refractivity contribution in [3.05, 3.63) is 83.4 Å². The van der Waals surface area contributed by atoms with Crippen molar-refractivity contribution in [3.63, 3.8) is 0 Å². The number of anilines is 2. The first-order valence-electron chi connectivity index (χ1n) is 15.9. The molecule has 2 heterocycles. The highest BCUT2D eigenvalue weighted by molar-refractivity contribution is 7.92. The molecule has 2 aliphatic rings. The summed E-state index contributed by atoms with van der Waals surface area (Å²) in [7, 11) is -1.42. The summed E-state index contributed by atoms with van der Waals surface area (Å²) in [4.78, 5) is 15.9. The predicted molar refractivity (Wildman–Crippen MR) is 184 cm³/mol. The first-order chi connectivity index (χ1) is 22.1. The van der Waals surface area contributed by atoms with Crippen LogP contribution in [0.5, 0.6) is 5.75 Å². The van der Waals surface area contributed by atoms with Gasteiger partial charge < -0.3 is 19.5 Å². The third-order valence-corrected chi connectivity index (χ3v) is 9.53. The van der Waals surface area contributed by atoms with Gasteiger partial charge >= 0.3 is 0 Å². The molecule has 246 valence electrons. The Labute approximate surface area is 273 Å². The minimum Gasteiger partial charge on any atom is -0.491 e. The second kappa shape index (κ2) is 15.3. The van der Waals surface area contributed by atoms with Gasteiger partial charge in [-0.25, -0.2) is 8.42 Å². The van der Waals surface area contributed by atoms with Crippen LogP contribution in [0.2, 0.25) is 0 Å². The van der Waals surface area contributed by atoms with Crippen LogP contribution >= 0.6 is 0 Å². The summed E-state index contributed by atoms with van der Waals surface area (Å²) in [5.41, 5.74) is 5.46. The summed E-state index contributed by atoms with van der Waals surface area (Å²) in [6, 6.07) is 21.8. The maximum absolute atomic E-state index is 13.5. The fourth-order valence-electron chi connectivity index (χ4n) is 5.84. The van der Waals surface area contributed by atoms with Gasteiger partial charge in [-0.1, -0.05) is 30.3 Å². The summed E-state index contributed by atoms with van der Waals surface area (Å²) in [6.45, 7) is 7.57. The van der Waals surface area contributed by atoms with Crippen LogP contribution in [0.4, 0.5) is 11.4 Å². The number of amides is 1. The van der Waals surface area contributed by atoms with Gasteiger partial charge in [0, 0.05) is 43.6 Å². The summed E-state index contributed by atoms with van der Waals surface area (Å²) in [6.07, 6.45) is 5.52. The van der Waals surface area contributed by atoms with E-state index in [9.17, 15) is 13.2 Å².